The van der Waals surface area contributed by atoms with E-state index in [2.05, 4.69) is 9.97 Å². The Balaban J connectivity index is 2.29. The fourth-order valence-corrected chi connectivity index (χ4v) is 1.90. The Morgan fingerprint density at radius 3 is 2.85 bits per heavy atom. The molecule has 0 saturated carbocycles. The molecule has 0 unspecified atom stereocenters. The van der Waals surface area contributed by atoms with E-state index in [4.69, 9.17) is 10.2 Å². The second-order valence-electron chi connectivity index (χ2n) is 3.98. The van der Waals surface area contributed by atoms with Gasteiger partial charge in [-0.25, -0.2) is 14.4 Å². The number of hydrogen-bond acceptors (Lipinski definition) is 6. The van der Waals surface area contributed by atoms with Crippen molar-refractivity contribution in [2.24, 2.45) is 0 Å². The average molecular weight is 274 g/mol. The molecule has 0 spiro atoms. The van der Waals surface area contributed by atoms with Crippen molar-refractivity contribution < 1.29 is 13.7 Å². The lowest BCUT2D eigenvalue weighted by Crippen LogP contribution is -2.02. The highest BCUT2D eigenvalue weighted by Gasteiger charge is 2.25. The van der Waals surface area contributed by atoms with Crippen LogP contribution in [-0.2, 0) is 0 Å². The quantitative estimate of drug-likeness (QED) is 0.568. The third-order valence-corrected chi connectivity index (χ3v) is 2.76. The molecule has 100 valence electrons. The Labute approximate surface area is 111 Å². The largest absolute Gasteiger partial charge is 0.451 e. The molecule has 0 fully saturated rings. The minimum atomic E-state index is -0.700. The van der Waals surface area contributed by atoms with Crippen LogP contribution in [0.15, 0.2) is 35.0 Å². The predicted molar refractivity (Wildman–Crippen MR) is 68.3 cm³/mol. The lowest BCUT2D eigenvalue weighted by Gasteiger charge is -1.99. The van der Waals surface area contributed by atoms with Gasteiger partial charge in [-0.2, -0.15) is 0 Å². The van der Waals surface area contributed by atoms with Crippen LogP contribution in [-0.4, -0.2) is 14.9 Å². The van der Waals surface area contributed by atoms with Crippen LogP contribution < -0.4 is 5.73 Å². The molecule has 0 saturated heterocycles. The van der Waals surface area contributed by atoms with Crippen LogP contribution in [0.5, 0.6) is 0 Å². The van der Waals surface area contributed by atoms with Gasteiger partial charge in [0.15, 0.2) is 22.9 Å². The van der Waals surface area contributed by atoms with Gasteiger partial charge in [0.25, 0.3) is 0 Å². The van der Waals surface area contributed by atoms with Crippen molar-refractivity contribution in [2.75, 3.05) is 5.73 Å². The normalized spacial score (nSPS) is 10.8. The summed E-state index contributed by atoms with van der Waals surface area (Å²) in [6.45, 7) is 0. The molecule has 20 heavy (non-hydrogen) atoms. The molecule has 7 nitrogen and oxygen atoms in total. The molecule has 0 aliphatic rings. The van der Waals surface area contributed by atoms with Crippen LogP contribution in [0.1, 0.15) is 0 Å². The molecule has 3 aromatic rings. The highest BCUT2D eigenvalue weighted by molar-refractivity contribution is 5.85. The zero-order valence-electron chi connectivity index (χ0n) is 9.91. The van der Waals surface area contributed by atoms with Gasteiger partial charge in [-0.05, 0) is 12.1 Å². The van der Waals surface area contributed by atoms with Crippen molar-refractivity contribution >= 4 is 22.5 Å². The minimum absolute atomic E-state index is 0.00832. The number of aromatic nitrogens is 2. The lowest BCUT2D eigenvalue weighted by atomic mass is 10.2. The van der Waals surface area contributed by atoms with Gasteiger partial charge in [0, 0.05) is 5.39 Å². The molecule has 2 N–H and O–H groups in total. The maximum absolute atomic E-state index is 13.6. The summed E-state index contributed by atoms with van der Waals surface area (Å²) in [5.41, 5.74) is 4.93. The number of para-hydroxylation sites is 1. The van der Waals surface area contributed by atoms with E-state index in [9.17, 15) is 14.5 Å². The first kappa shape index (κ1) is 12.0. The van der Waals surface area contributed by atoms with Crippen LogP contribution in [0, 0.1) is 15.9 Å². The SMILES string of the molecule is Nc1ncnc(-c2cc3cccc(F)c3o2)c1[N+](=O)[O-]. The summed E-state index contributed by atoms with van der Waals surface area (Å²) in [6, 6.07) is 5.84. The lowest BCUT2D eigenvalue weighted by molar-refractivity contribution is -0.383. The molecule has 0 atom stereocenters. The smallest absolute Gasteiger partial charge is 0.340 e. The standard InChI is InChI=1S/C12H7FN4O3/c13-7-3-1-2-6-4-8(20-11(6)7)9-10(17(18)19)12(14)16-5-15-9/h1-5H,(H2,14,15,16). The number of rotatable bonds is 2. The molecule has 0 radical (unpaired) electrons. The van der Waals surface area contributed by atoms with Crippen LogP contribution in [0.25, 0.3) is 22.4 Å². The Morgan fingerprint density at radius 1 is 1.35 bits per heavy atom. The number of hydrogen-bond donors (Lipinski definition) is 1. The first-order chi connectivity index (χ1) is 9.58. The van der Waals surface area contributed by atoms with Crippen molar-refractivity contribution in [3.63, 3.8) is 0 Å². The van der Waals surface area contributed by atoms with Gasteiger partial charge in [-0.15, -0.1) is 0 Å². The van der Waals surface area contributed by atoms with Gasteiger partial charge in [-0.1, -0.05) is 12.1 Å². The van der Waals surface area contributed by atoms with E-state index in [1.54, 1.807) is 6.07 Å². The van der Waals surface area contributed by atoms with E-state index < -0.39 is 16.4 Å². The highest BCUT2D eigenvalue weighted by atomic mass is 19.1. The highest BCUT2D eigenvalue weighted by Crippen LogP contribution is 2.35. The Bertz CT molecular complexity index is 831. The van der Waals surface area contributed by atoms with Gasteiger partial charge in [0.2, 0.25) is 5.82 Å². The predicted octanol–water partition coefficient (Wildman–Crippen LogP) is 2.52. The second kappa shape index (κ2) is 4.26. The molecule has 2 aromatic heterocycles. The van der Waals surface area contributed by atoms with Crippen LogP contribution >= 0.6 is 0 Å². The molecule has 0 amide bonds. The summed E-state index contributed by atoms with van der Waals surface area (Å²) in [6.07, 6.45) is 1.08. The summed E-state index contributed by atoms with van der Waals surface area (Å²) >= 11 is 0. The van der Waals surface area contributed by atoms with E-state index >= 15 is 0 Å². The minimum Gasteiger partial charge on any atom is -0.451 e. The maximum atomic E-state index is 13.6. The molecule has 8 heteroatoms. The van der Waals surface area contributed by atoms with Crippen molar-refractivity contribution in [3.05, 3.63) is 46.5 Å². The summed E-state index contributed by atoms with van der Waals surface area (Å²) < 4.78 is 18.9. The van der Waals surface area contributed by atoms with Gasteiger partial charge in [0.1, 0.15) is 6.33 Å². The van der Waals surface area contributed by atoms with E-state index in [0.717, 1.165) is 6.33 Å². The summed E-state index contributed by atoms with van der Waals surface area (Å²) in [5.74, 6) is -0.773. The molecule has 0 bridgehead atoms. The third kappa shape index (κ3) is 1.74. The third-order valence-electron chi connectivity index (χ3n) is 2.76. The van der Waals surface area contributed by atoms with Crippen molar-refractivity contribution in [2.45, 2.75) is 0 Å². The monoisotopic (exact) mass is 274 g/mol. The number of nitrogen functional groups attached to an aromatic ring is 1. The van der Waals surface area contributed by atoms with Crippen LogP contribution in [0.3, 0.4) is 0 Å². The van der Waals surface area contributed by atoms with Gasteiger partial charge >= 0.3 is 5.69 Å². The number of nitro groups is 1. The van der Waals surface area contributed by atoms with Gasteiger partial charge in [-0.3, -0.25) is 10.1 Å². The molecule has 3 rings (SSSR count). The van der Waals surface area contributed by atoms with Crippen molar-refractivity contribution in [1.82, 2.24) is 9.97 Å². The number of halogens is 1. The topological polar surface area (TPSA) is 108 Å². The van der Waals surface area contributed by atoms with E-state index in [1.807, 2.05) is 0 Å². The van der Waals surface area contributed by atoms with Crippen molar-refractivity contribution in [1.29, 1.82) is 0 Å². The molecule has 1 aromatic carbocycles. The number of nitrogens with zero attached hydrogens (tertiary/aromatic N) is 3. The fraction of sp³-hybridized carbons (Fsp3) is 0. The number of nitrogens with two attached hydrogens (primary N) is 1. The Morgan fingerprint density at radius 2 is 2.15 bits per heavy atom. The Hall–Kier alpha value is -3.03. The molecule has 0 aliphatic carbocycles. The van der Waals surface area contributed by atoms with Crippen molar-refractivity contribution in [3.8, 4) is 11.5 Å². The fourth-order valence-electron chi connectivity index (χ4n) is 1.90. The average Bonchev–Trinajstić information content (AvgIpc) is 2.83. The number of fused-ring (bicyclic) bond motifs is 1. The number of benzene rings is 1. The molecule has 0 aliphatic heterocycles. The molecular formula is C12H7FN4O3. The second-order valence-corrected chi connectivity index (χ2v) is 3.98. The van der Waals surface area contributed by atoms with Gasteiger partial charge in [0.05, 0.1) is 4.92 Å². The summed E-state index contributed by atoms with van der Waals surface area (Å²) in [4.78, 5) is 17.7. The first-order valence-corrected chi connectivity index (χ1v) is 5.51. The molecule has 2 heterocycles. The van der Waals surface area contributed by atoms with Gasteiger partial charge < -0.3 is 10.2 Å². The molecular weight excluding hydrogens is 267 g/mol. The van der Waals surface area contributed by atoms with E-state index in [-0.39, 0.29) is 22.9 Å². The summed E-state index contributed by atoms with van der Waals surface area (Å²) in [5, 5.41) is 11.5. The zero-order chi connectivity index (χ0) is 14.3. The van der Waals surface area contributed by atoms with Crippen LogP contribution in [0.4, 0.5) is 15.9 Å². The van der Waals surface area contributed by atoms with E-state index in [0.29, 0.717) is 5.39 Å². The Kier molecular flexibility index (Phi) is 2.56. The van der Waals surface area contributed by atoms with Crippen LogP contribution in [0.2, 0.25) is 0 Å². The first-order valence-electron chi connectivity index (χ1n) is 5.51. The zero-order valence-corrected chi connectivity index (χ0v) is 9.91. The number of furan rings is 1. The maximum Gasteiger partial charge on any atom is 0.340 e. The number of anilines is 1. The van der Waals surface area contributed by atoms with E-state index in [1.165, 1.54) is 18.2 Å². The summed E-state index contributed by atoms with van der Waals surface area (Å²) in [7, 11) is 0.